The largest absolute Gasteiger partial charge is 0.478 e. The van der Waals surface area contributed by atoms with E-state index in [0.717, 1.165) is 11.6 Å². The standard InChI is InChI=1S/C10H11NO3/c1-8-4-6-11(9(12)7-8)5-2-3-10(13)14/h2-4,6-7H,5H2,1H3,(H,13,14). The molecule has 4 nitrogen and oxygen atoms in total. The van der Waals surface area contributed by atoms with E-state index >= 15 is 0 Å². The minimum absolute atomic E-state index is 0.125. The maximum Gasteiger partial charge on any atom is 0.328 e. The van der Waals surface area contributed by atoms with Gasteiger partial charge in [-0.25, -0.2) is 4.79 Å². The topological polar surface area (TPSA) is 59.3 Å². The summed E-state index contributed by atoms with van der Waals surface area (Å²) >= 11 is 0. The first-order chi connectivity index (χ1) is 6.59. The highest BCUT2D eigenvalue weighted by Crippen LogP contribution is 1.91. The molecule has 0 aromatic carbocycles. The Bertz CT molecular complexity index is 418. The third-order valence-corrected chi connectivity index (χ3v) is 1.71. The van der Waals surface area contributed by atoms with Gasteiger partial charge in [0, 0.05) is 24.9 Å². The zero-order valence-electron chi connectivity index (χ0n) is 7.80. The van der Waals surface area contributed by atoms with Gasteiger partial charge in [-0.3, -0.25) is 4.79 Å². The molecule has 1 N–H and O–H groups in total. The molecule has 4 heteroatoms. The Morgan fingerprint density at radius 3 is 2.93 bits per heavy atom. The summed E-state index contributed by atoms with van der Waals surface area (Å²) < 4.78 is 1.44. The number of hydrogen-bond acceptors (Lipinski definition) is 2. The van der Waals surface area contributed by atoms with E-state index in [1.807, 2.05) is 6.92 Å². The lowest BCUT2D eigenvalue weighted by Crippen LogP contribution is -2.17. The highest BCUT2D eigenvalue weighted by atomic mass is 16.4. The van der Waals surface area contributed by atoms with Crippen molar-refractivity contribution in [3.8, 4) is 0 Å². The molecule has 0 saturated heterocycles. The SMILES string of the molecule is Cc1ccn(CC=CC(=O)O)c(=O)c1. The van der Waals surface area contributed by atoms with Gasteiger partial charge >= 0.3 is 5.97 Å². The second-order valence-electron chi connectivity index (χ2n) is 2.94. The Morgan fingerprint density at radius 2 is 2.36 bits per heavy atom. The molecule has 0 bridgehead atoms. The Kier molecular flexibility index (Phi) is 3.23. The van der Waals surface area contributed by atoms with Gasteiger partial charge in [0.1, 0.15) is 0 Å². The zero-order chi connectivity index (χ0) is 10.6. The van der Waals surface area contributed by atoms with Crippen molar-refractivity contribution in [3.05, 3.63) is 46.4 Å². The molecule has 1 heterocycles. The first-order valence-electron chi connectivity index (χ1n) is 4.16. The number of nitrogens with zero attached hydrogens (tertiary/aromatic N) is 1. The summed E-state index contributed by atoms with van der Waals surface area (Å²) in [4.78, 5) is 21.5. The molecule has 1 aromatic rings. The Morgan fingerprint density at radius 1 is 1.64 bits per heavy atom. The van der Waals surface area contributed by atoms with E-state index in [0.29, 0.717) is 0 Å². The maximum atomic E-state index is 11.3. The minimum atomic E-state index is -1.01. The van der Waals surface area contributed by atoms with E-state index in [1.54, 1.807) is 12.3 Å². The molecule has 0 atom stereocenters. The number of aliphatic carboxylic acids is 1. The first-order valence-corrected chi connectivity index (χ1v) is 4.16. The molecule has 0 spiro atoms. The molecule has 0 fully saturated rings. The number of pyridine rings is 1. The van der Waals surface area contributed by atoms with Crippen molar-refractivity contribution in [2.75, 3.05) is 0 Å². The molecule has 0 radical (unpaired) electrons. The lowest BCUT2D eigenvalue weighted by atomic mass is 10.3. The van der Waals surface area contributed by atoms with Gasteiger partial charge in [0.15, 0.2) is 0 Å². The number of aryl methyl sites for hydroxylation is 1. The summed E-state index contributed by atoms with van der Waals surface area (Å²) in [6, 6.07) is 3.31. The summed E-state index contributed by atoms with van der Waals surface area (Å²) in [5.41, 5.74) is 0.772. The third kappa shape index (κ3) is 2.90. The molecule has 0 aliphatic heterocycles. The van der Waals surface area contributed by atoms with Crippen molar-refractivity contribution >= 4 is 5.97 Å². The molecule has 0 aliphatic carbocycles. The molecule has 14 heavy (non-hydrogen) atoms. The number of hydrogen-bond donors (Lipinski definition) is 1. The van der Waals surface area contributed by atoms with Gasteiger partial charge < -0.3 is 9.67 Å². The Labute approximate surface area is 81.1 Å². The van der Waals surface area contributed by atoms with Crippen molar-refractivity contribution in [1.82, 2.24) is 4.57 Å². The first kappa shape index (κ1) is 10.2. The Balaban J connectivity index is 2.78. The van der Waals surface area contributed by atoms with Crippen LogP contribution in [0.3, 0.4) is 0 Å². The molecule has 0 saturated carbocycles. The van der Waals surface area contributed by atoms with E-state index in [2.05, 4.69) is 0 Å². The molecule has 0 aliphatic rings. The second kappa shape index (κ2) is 4.41. The number of aromatic nitrogens is 1. The molecule has 1 rings (SSSR count). The second-order valence-corrected chi connectivity index (χ2v) is 2.94. The highest BCUT2D eigenvalue weighted by molar-refractivity contribution is 5.79. The van der Waals surface area contributed by atoms with Crippen molar-refractivity contribution in [3.63, 3.8) is 0 Å². The Hall–Kier alpha value is -1.84. The number of carboxylic acids is 1. The summed E-state index contributed by atoms with van der Waals surface area (Å²) in [5, 5.41) is 8.33. The fraction of sp³-hybridized carbons (Fsp3) is 0.200. The average Bonchev–Trinajstić information content (AvgIpc) is 2.08. The quantitative estimate of drug-likeness (QED) is 0.722. The van der Waals surface area contributed by atoms with E-state index < -0.39 is 5.97 Å². The average molecular weight is 193 g/mol. The normalized spacial score (nSPS) is 10.6. The van der Waals surface area contributed by atoms with Gasteiger partial charge in [0.2, 0.25) is 0 Å². The van der Waals surface area contributed by atoms with Crippen LogP contribution in [-0.2, 0) is 11.3 Å². The monoisotopic (exact) mass is 193 g/mol. The summed E-state index contributed by atoms with van der Waals surface area (Å²) in [7, 11) is 0. The molecule has 74 valence electrons. The maximum absolute atomic E-state index is 11.3. The van der Waals surface area contributed by atoms with Gasteiger partial charge in [-0.1, -0.05) is 6.08 Å². The zero-order valence-corrected chi connectivity index (χ0v) is 7.80. The summed E-state index contributed by atoms with van der Waals surface area (Å²) in [6.45, 7) is 2.12. The number of carbonyl (C=O) groups is 1. The van der Waals surface area contributed by atoms with Crippen molar-refractivity contribution in [1.29, 1.82) is 0 Å². The van der Waals surface area contributed by atoms with Gasteiger partial charge in [-0.15, -0.1) is 0 Å². The smallest absolute Gasteiger partial charge is 0.328 e. The van der Waals surface area contributed by atoms with Crippen LogP contribution in [0, 0.1) is 6.92 Å². The summed E-state index contributed by atoms with van der Waals surface area (Å²) in [6.07, 6.45) is 4.09. The molecule has 0 unspecified atom stereocenters. The van der Waals surface area contributed by atoms with Crippen LogP contribution in [0.1, 0.15) is 5.56 Å². The molecule has 1 aromatic heterocycles. The van der Waals surface area contributed by atoms with E-state index in [4.69, 9.17) is 5.11 Å². The molecule has 0 amide bonds. The number of allylic oxidation sites excluding steroid dienone is 1. The van der Waals surface area contributed by atoms with E-state index in [-0.39, 0.29) is 12.1 Å². The lowest BCUT2D eigenvalue weighted by molar-refractivity contribution is -0.131. The van der Waals surface area contributed by atoms with E-state index in [1.165, 1.54) is 16.7 Å². The van der Waals surface area contributed by atoms with Crippen LogP contribution in [0.5, 0.6) is 0 Å². The summed E-state index contributed by atoms with van der Waals surface area (Å²) in [5.74, 6) is -1.01. The molecular formula is C10H11NO3. The van der Waals surface area contributed by atoms with Crippen molar-refractivity contribution < 1.29 is 9.90 Å². The van der Waals surface area contributed by atoms with Crippen LogP contribution in [-0.4, -0.2) is 15.6 Å². The predicted molar refractivity (Wildman–Crippen MR) is 52.2 cm³/mol. The van der Waals surface area contributed by atoms with Crippen LogP contribution < -0.4 is 5.56 Å². The van der Waals surface area contributed by atoms with Crippen molar-refractivity contribution in [2.24, 2.45) is 0 Å². The van der Waals surface area contributed by atoms with Crippen molar-refractivity contribution in [2.45, 2.75) is 13.5 Å². The van der Waals surface area contributed by atoms with Gasteiger partial charge in [0.05, 0.1) is 0 Å². The number of carboxylic acid groups (broad SMARTS) is 1. The lowest BCUT2D eigenvalue weighted by Gasteiger charge is -2.00. The van der Waals surface area contributed by atoms with Crippen LogP contribution in [0.2, 0.25) is 0 Å². The molecular weight excluding hydrogens is 182 g/mol. The fourth-order valence-corrected chi connectivity index (χ4v) is 1.02. The van der Waals surface area contributed by atoms with E-state index in [9.17, 15) is 9.59 Å². The predicted octanol–water partition coefficient (Wildman–Crippen LogP) is 0.798. The fourth-order valence-electron chi connectivity index (χ4n) is 1.02. The number of rotatable bonds is 3. The van der Waals surface area contributed by atoms with Gasteiger partial charge in [-0.05, 0) is 18.6 Å². The van der Waals surface area contributed by atoms with Crippen LogP contribution in [0.4, 0.5) is 0 Å². The minimum Gasteiger partial charge on any atom is -0.478 e. The van der Waals surface area contributed by atoms with Crippen LogP contribution in [0.15, 0.2) is 35.3 Å². The highest BCUT2D eigenvalue weighted by Gasteiger charge is 1.93. The van der Waals surface area contributed by atoms with Crippen LogP contribution in [0.25, 0.3) is 0 Å². The van der Waals surface area contributed by atoms with Gasteiger partial charge in [-0.2, -0.15) is 0 Å². The van der Waals surface area contributed by atoms with Gasteiger partial charge in [0.25, 0.3) is 5.56 Å². The third-order valence-electron chi connectivity index (χ3n) is 1.71. The van der Waals surface area contributed by atoms with Crippen LogP contribution >= 0.6 is 0 Å².